The Kier molecular flexibility index (Phi) is 8.36. The van der Waals surface area contributed by atoms with Crippen molar-refractivity contribution in [1.29, 1.82) is 0 Å². The van der Waals surface area contributed by atoms with Crippen LogP contribution < -0.4 is 0 Å². The van der Waals surface area contributed by atoms with E-state index in [1.807, 2.05) is 18.2 Å². The number of halogens is 1. The smallest absolute Gasteiger partial charge is 0.305 e. The van der Waals surface area contributed by atoms with Crippen LogP contribution in [0, 0.1) is 23.6 Å². The molecule has 4 nitrogen and oxygen atoms in total. The molecule has 0 radical (unpaired) electrons. The van der Waals surface area contributed by atoms with E-state index in [4.69, 9.17) is 9.47 Å². The highest BCUT2D eigenvalue weighted by atomic mass is 19.1. The van der Waals surface area contributed by atoms with Crippen molar-refractivity contribution in [2.24, 2.45) is 17.8 Å². The predicted molar refractivity (Wildman–Crippen MR) is 130 cm³/mol. The number of fused-ring (bicyclic) bond motifs is 2. The van der Waals surface area contributed by atoms with Gasteiger partial charge >= 0.3 is 5.97 Å². The number of hydrogen-bond acceptors (Lipinski definition) is 4. The van der Waals surface area contributed by atoms with Crippen molar-refractivity contribution in [2.75, 3.05) is 13.7 Å². The zero-order valence-electron chi connectivity index (χ0n) is 20.2. The fourth-order valence-electron chi connectivity index (χ4n) is 6.26. The highest BCUT2D eigenvalue weighted by molar-refractivity contribution is 5.91. The zero-order valence-corrected chi connectivity index (χ0v) is 20.2. The molecule has 2 aliphatic carbocycles. The minimum atomic E-state index is -0.231. The van der Waals surface area contributed by atoms with Crippen LogP contribution >= 0.6 is 0 Å². The number of carbonyl (C=O) groups is 2. The normalized spacial score (nSPS) is 29.3. The molecule has 0 amide bonds. The van der Waals surface area contributed by atoms with E-state index in [9.17, 15) is 14.0 Å². The number of rotatable bonds is 10. The number of hydrogen-bond donors (Lipinski definition) is 0. The van der Waals surface area contributed by atoms with Crippen LogP contribution in [0.25, 0.3) is 0 Å². The lowest BCUT2D eigenvalue weighted by molar-refractivity contribution is -0.140. The number of benzene rings is 1. The van der Waals surface area contributed by atoms with Gasteiger partial charge in [0.05, 0.1) is 19.8 Å². The highest BCUT2D eigenvalue weighted by Gasteiger charge is 2.58. The fourth-order valence-corrected chi connectivity index (χ4v) is 6.26. The molecule has 0 N–H and O–H groups in total. The molecule has 2 bridgehead atoms. The summed E-state index contributed by atoms with van der Waals surface area (Å²) in [6, 6.07) is 6.86. The fraction of sp³-hybridized carbons (Fsp3) is 0.586. The largest absolute Gasteiger partial charge is 0.469 e. The van der Waals surface area contributed by atoms with Crippen molar-refractivity contribution in [3.05, 3.63) is 60.0 Å². The zero-order chi connectivity index (χ0) is 24.0. The van der Waals surface area contributed by atoms with Crippen molar-refractivity contribution < 1.29 is 23.5 Å². The predicted octanol–water partition coefficient (Wildman–Crippen LogP) is 6.09. The summed E-state index contributed by atoms with van der Waals surface area (Å²) in [4.78, 5) is 24.2. The van der Waals surface area contributed by atoms with Crippen LogP contribution in [0.1, 0.15) is 69.8 Å². The van der Waals surface area contributed by atoms with Crippen LogP contribution in [0.15, 0.2) is 48.6 Å². The van der Waals surface area contributed by atoms with Gasteiger partial charge in [-0.15, -0.1) is 0 Å². The van der Waals surface area contributed by atoms with Crippen molar-refractivity contribution in [3.8, 4) is 0 Å². The van der Waals surface area contributed by atoms with Gasteiger partial charge in [-0.25, -0.2) is 4.39 Å². The van der Waals surface area contributed by atoms with E-state index in [0.29, 0.717) is 13.0 Å². The maximum absolute atomic E-state index is 13.7. The number of methoxy groups -OCH3 is 1. The average Bonchev–Trinajstić information content (AvgIpc) is 3.43. The van der Waals surface area contributed by atoms with Gasteiger partial charge in [0.15, 0.2) is 5.78 Å². The van der Waals surface area contributed by atoms with E-state index in [0.717, 1.165) is 56.9 Å². The molecule has 0 aromatic heterocycles. The Morgan fingerprint density at radius 2 is 1.91 bits per heavy atom. The molecule has 1 aromatic rings. The molecule has 34 heavy (non-hydrogen) atoms. The summed E-state index contributed by atoms with van der Waals surface area (Å²) in [5.41, 5.74) is 0.951. The molecule has 4 rings (SSSR count). The lowest BCUT2D eigenvalue weighted by Crippen LogP contribution is -2.39. The molecule has 3 fully saturated rings. The second-order valence-corrected chi connectivity index (χ2v) is 10.2. The van der Waals surface area contributed by atoms with Gasteiger partial charge in [-0.2, -0.15) is 0 Å². The van der Waals surface area contributed by atoms with Gasteiger partial charge in [-0.05, 0) is 68.2 Å². The summed E-state index contributed by atoms with van der Waals surface area (Å²) in [5.74, 6) is 0.459. The summed E-state index contributed by atoms with van der Waals surface area (Å²) < 4.78 is 24.6. The minimum absolute atomic E-state index is 0.0817. The molecular formula is C29H37FO4. The molecule has 5 heteroatoms. The average molecular weight is 469 g/mol. The Hall–Kier alpha value is -2.27. The molecule has 1 aromatic carbocycles. The second-order valence-electron chi connectivity index (χ2n) is 10.2. The topological polar surface area (TPSA) is 52.6 Å². The molecule has 3 aliphatic rings. The minimum Gasteiger partial charge on any atom is -0.469 e. The van der Waals surface area contributed by atoms with E-state index in [-0.39, 0.29) is 46.8 Å². The second kappa shape index (κ2) is 11.4. The van der Waals surface area contributed by atoms with E-state index < -0.39 is 0 Å². The Morgan fingerprint density at radius 3 is 2.65 bits per heavy atom. The first-order valence-corrected chi connectivity index (χ1v) is 12.8. The van der Waals surface area contributed by atoms with E-state index in [2.05, 4.69) is 18.2 Å². The number of ether oxygens (including phenoxy) is 2. The van der Waals surface area contributed by atoms with Gasteiger partial charge in [0.25, 0.3) is 0 Å². The lowest BCUT2D eigenvalue weighted by Gasteiger charge is -2.38. The lowest BCUT2D eigenvalue weighted by atomic mass is 9.69. The van der Waals surface area contributed by atoms with Gasteiger partial charge in [-0.1, -0.05) is 49.6 Å². The van der Waals surface area contributed by atoms with Crippen molar-refractivity contribution in [1.82, 2.24) is 0 Å². The van der Waals surface area contributed by atoms with Crippen LogP contribution in [-0.4, -0.2) is 31.6 Å². The molecule has 184 valence electrons. The van der Waals surface area contributed by atoms with Crippen molar-refractivity contribution >= 4 is 11.8 Å². The van der Waals surface area contributed by atoms with E-state index in [1.165, 1.54) is 25.7 Å². The van der Waals surface area contributed by atoms with Crippen molar-refractivity contribution in [2.45, 2.75) is 75.7 Å². The SMILES string of the molecule is COC(=O)CCCC=CC[C@H]1[C@H](C=CC(=O)C2CCCCC2)[C@@H]2C[C@@]1(c1ccc(F)cc1)CO2. The van der Waals surface area contributed by atoms with Crippen LogP contribution in [0.3, 0.4) is 0 Å². The van der Waals surface area contributed by atoms with Crippen LogP contribution in [-0.2, 0) is 24.5 Å². The van der Waals surface area contributed by atoms with Gasteiger partial charge < -0.3 is 9.47 Å². The van der Waals surface area contributed by atoms with Gasteiger partial charge in [-0.3, -0.25) is 9.59 Å². The molecule has 2 saturated carbocycles. The maximum atomic E-state index is 13.7. The molecule has 4 atom stereocenters. The van der Waals surface area contributed by atoms with Gasteiger partial charge in [0.2, 0.25) is 0 Å². The van der Waals surface area contributed by atoms with Gasteiger partial charge in [0.1, 0.15) is 5.82 Å². The quantitative estimate of drug-likeness (QED) is 0.180. The van der Waals surface area contributed by atoms with Crippen LogP contribution in [0.4, 0.5) is 4.39 Å². The first-order valence-electron chi connectivity index (χ1n) is 12.8. The Morgan fingerprint density at radius 1 is 1.15 bits per heavy atom. The molecule has 1 aliphatic heterocycles. The molecule has 1 saturated heterocycles. The first kappa shape index (κ1) is 24.8. The van der Waals surface area contributed by atoms with Crippen LogP contribution in [0.2, 0.25) is 0 Å². The Bertz CT molecular complexity index is 899. The third-order valence-electron chi connectivity index (χ3n) is 8.17. The van der Waals surface area contributed by atoms with Crippen LogP contribution in [0.5, 0.6) is 0 Å². The summed E-state index contributed by atoms with van der Waals surface area (Å²) in [6.07, 6.45) is 17.7. The molecule has 1 heterocycles. The Labute approximate surface area is 202 Å². The summed E-state index contributed by atoms with van der Waals surface area (Å²) in [5, 5.41) is 0. The number of unbranched alkanes of at least 4 members (excludes halogenated alkanes) is 1. The first-order chi connectivity index (χ1) is 16.5. The molecular weight excluding hydrogens is 431 g/mol. The monoisotopic (exact) mass is 468 g/mol. The van der Waals surface area contributed by atoms with E-state index in [1.54, 1.807) is 0 Å². The number of ketones is 1. The molecule has 0 unspecified atom stereocenters. The maximum Gasteiger partial charge on any atom is 0.305 e. The third kappa shape index (κ3) is 5.51. The summed E-state index contributed by atoms with van der Waals surface area (Å²) >= 11 is 0. The standard InChI is InChI=1S/C29H37FO4/c1-33-28(32)12-8-3-2-7-11-25-24(17-18-26(31)21-9-5-4-6-10-21)27-19-29(25,20-34-27)22-13-15-23(30)16-14-22/h2,7,13-18,21,24-25,27H,3-6,8-12,19-20H2,1H3/t24-,25-,27-,29-/m0/s1. The van der Waals surface area contributed by atoms with E-state index >= 15 is 0 Å². The van der Waals surface area contributed by atoms with Crippen molar-refractivity contribution in [3.63, 3.8) is 0 Å². The van der Waals surface area contributed by atoms with Gasteiger partial charge in [0, 0.05) is 23.7 Å². The third-order valence-corrected chi connectivity index (χ3v) is 8.17. The highest BCUT2D eigenvalue weighted by Crippen LogP contribution is 2.57. The number of esters is 1. The Balaban J connectivity index is 1.49. The summed E-state index contributed by atoms with van der Waals surface area (Å²) in [7, 11) is 1.41. The number of allylic oxidation sites excluding steroid dienone is 3. The summed E-state index contributed by atoms with van der Waals surface area (Å²) in [6.45, 7) is 0.630. The molecule has 0 spiro atoms. The number of carbonyl (C=O) groups excluding carboxylic acids is 2.